The zero-order valence-corrected chi connectivity index (χ0v) is 17.1. The molecule has 0 radical (unpaired) electrons. The SMILES string of the molecule is Cc1cn2nc(C3=CC(=O)N4C=C(C5=CCN(C)CC5)C=C/C4=C\C=C3)cc2cn1. The Labute approximate surface area is 175 Å². The van der Waals surface area contributed by atoms with Crippen molar-refractivity contribution in [2.45, 2.75) is 13.3 Å². The summed E-state index contributed by atoms with van der Waals surface area (Å²) in [5, 5.41) is 4.63. The van der Waals surface area contributed by atoms with Crippen molar-refractivity contribution in [1.82, 2.24) is 24.4 Å². The third-order valence-corrected chi connectivity index (χ3v) is 5.59. The number of hydrogen-bond donors (Lipinski definition) is 0. The van der Waals surface area contributed by atoms with Crippen molar-refractivity contribution >= 4 is 17.0 Å². The van der Waals surface area contributed by atoms with Crippen LogP contribution in [0.2, 0.25) is 0 Å². The van der Waals surface area contributed by atoms with Gasteiger partial charge in [0.15, 0.2) is 0 Å². The summed E-state index contributed by atoms with van der Waals surface area (Å²) < 4.78 is 1.80. The smallest absolute Gasteiger partial charge is 0.255 e. The number of fused-ring (bicyclic) bond motifs is 2. The molecule has 0 unspecified atom stereocenters. The fourth-order valence-electron chi connectivity index (χ4n) is 3.85. The van der Waals surface area contributed by atoms with Crippen LogP contribution in [-0.4, -0.2) is 50.4 Å². The monoisotopic (exact) mass is 397 g/mol. The molecule has 0 fully saturated rings. The van der Waals surface area contributed by atoms with Crippen LogP contribution in [0.4, 0.5) is 0 Å². The van der Waals surface area contributed by atoms with E-state index in [2.05, 4.69) is 34.2 Å². The minimum Gasteiger partial charge on any atom is -0.302 e. The Hall–Kier alpha value is -3.51. The maximum Gasteiger partial charge on any atom is 0.255 e. The van der Waals surface area contributed by atoms with Gasteiger partial charge in [-0.3, -0.25) is 14.7 Å². The van der Waals surface area contributed by atoms with Crippen LogP contribution in [0.1, 0.15) is 17.8 Å². The molecule has 0 bridgehead atoms. The molecule has 3 aliphatic rings. The summed E-state index contributed by atoms with van der Waals surface area (Å²) in [7, 11) is 2.12. The molecule has 0 aliphatic carbocycles. The second-order valence-electron chi connectivity index (χ2n) is 7.85. The molecular formula is C24H23N5O. The molecule has 5 heterocycles. The number of likely N-dealkylation sites (N-methyl/N-ethyl adjacent to an activating group) is 1. The minimum atomic E-state index is -0.0812. The highest BCUT2D eigenvalue weighted by molar-refractivity contribution is 5.99. The Kier molecular flexibility index (Phi) is 4.56. The number of aromatic nitrogens is 3. The van der Waals surface area contributed by atoms with E-state index < -0.39 is 0 Å². The van der Waals surface area contributed by atoms with E-state index in [0.29, 0.717) is 0 Å². The van der Waals surface area contributed by atoms with Crippen molar-refractivity contribution in [3.8, 4) is 0 Å². The van der Waals surface area contributed by atoms with Crippen molar-refractivity contribution in [2.75, 3.05) is 20.1 Å². The third kappa shape index (κ3) is 3.46. The second-order valence-corrected chi connectivity index (χ2v) is 7.85. The molecule has 0 aromatic carbocycles. The molecule has 1 amide bonds. The van der Waals surface area contributed by atoms with Crippen molar-refractivity contribution in [3.05, 3.63) is 95.4 Å². The Morgan fingerprint density at radius 2 is 2.03 bits per heavy atom. The van der Waals surface area contributed by atoms with Crippen LogP contribution < -0.4 is 0 Å². The lowest BCUT2D eigenvalue weighted by Gasteiger charge is -2.27. The number of nitrogens with zero attached hydrogens (tertiary/aromatic N) is 5. The lowest BCUT2D eigenvalue weighted by molar-refractivity contribution is -0.122. The zero-order chi connectivity index (χ0) is 20.7. The van der Waals surface area contributed by atoms with E-state index >= 15 is 0 Å². The molecule has 3 aliphatic heterocycles. The molecule has 0 spiro atoms. The van der Waals surface area contributed by atoms with Gasteiger partial charge in [0.1, 0.15) is 0 Å². The number of carbonyl (C=O) groups excluding carboxylic acids is 1. The molecule has 5 rings (SSSR count). The quantitative estimate of drug-likeness (QED) is 0.779. The fourth-order valence-corrected chi connectivity index (χ4v) is 3.85. The molecular weight excluding hydrogens is 374 g/mol. The molecule has 2 aromatic heterocycles. The van der Waals surface area contributed by atoms with Gasteiger partial charge in [0.05, 0.1) is 29.3 Å². The maximum absolute atomic E-state index is 13.2. The van der Waals surface area contributed by atoms with Gasteiger partial charge in [-0.1, -0.05) is 24.3 Å². The molecule has 30 heavy (non-hydrogen) atoms. The van der Waals surface area contributed by atoms with Gasteiger partial charge in [-0.2, -0.15) is 5.10 Å². The maximum atomic E-state index is 13.2. The highest BCUT2D eigenvalue weighted by Gasteiger charge is 2.21. The van der Waals surface area contributed by atoms with Crippen LogP contribution in [0.25, 0.3) is 11.1 Å². The lowest BCUT2D eigenvalue weighted by atomic mass is 9.97. The van der Waals surface area contributed by atoms with E-state index in [1.54, 1.807) is 21.7 Å². The molecule has 0 saturated heterocycles. The van der Waals surface area contributed by atoms with Crippen molar-refractivity contribution in [2.24, 2.45) is 0 Å². The lowest BCUT2D eigenvalue weighted by Crippen LogP contribution is -2.27. The molecule has 6 heteroatoms. The van der Waals surface area contributed by atoms with Crippen molar-refractivity contribution in [3.63, 3.8) is 0 Å². The van der Waals surface area contributed by atoms with Gasteiger partial charge in [-0.25, -0.2) is 4.52 Å². The number of hydrogen-bond acceptors (Lipinski definition) is 4. The van der Waals surface area contributed by atoms with E-state index in [0.717, 1.165) is 53.3 Å². The van der Waals surface area contributed by atoms with Gasteiger partial charge in [-0.15, -0.1) is 0 Å². The Bertz CT molecular complexity index is 1220. The normalized spacial score (nSPS) is 21.4. The molecule has 0 atom stereocenters. The highest BCUT2D eigenvalue weighted by atomic mass is 16.2. The number of allylic oxidation sites excluding steroid dienone is 7. The van der Waals surface area contributed by atoms with Crippen LogP contribution in [-0.2, 0) is 4.79 Å². The summed E-state index contributed by atoms with van der Waals surface area (Å²) in [5.41, 5.74) is 6.57. The van der Waals surface area contributed by atoms with E-state index in [1.807, 2.05) is 49.7 Å². The average molecular weight is 397 g/mol. The van der Waals surface area contributed by atoms with E-state index in [4.69, 9.17) is 0 Å². The molecule has 0 N–H and O–H groups in total. The predicted octanol–water partition coefficient (Wildman–Crippen LogP) is 3.42. The van der Waals surface area contributed by atoms with E-state index in [9.17, 15) is 4.79 Å². The Morgan fingerprint density at radius 3 is 2.87 bits per heavy atom. The number of rotatable bonds is 2. The van der Waals surface area contributed by atoms with Crippen LogP contribution in [0.5, 0.6) is 0 Å². The van der Waals surface area contributed by atoms with Crippen LogP contribution in [0.15, 0.2) is 84.0 Å². The molecule has 6 nitrogen and oxygen atoms in total. The zero-order valence-electron chi connectivity index (χ0n) is 17.1. The standard InChI is InChI=1S/C24H23N5O/c1-17-15-29-22(14-25-17)13-23(26-29)19-4-3-5-21-7-6-20(16-28(21)24(30)12-19)18-8-10-27(2)11-9-18/h3-8,12-16H,9-11H2,1-2H3/b4-3?,19-12?,21-5+. The predicted molar refractivity (Wildman–Crippen MR) is 117 cm³/mol. The Balaban J connectivity index is 1.49. The fraction of sp³-hybridized carbons (Fsp3) is 0.208. The summed E-state index contributed by atoms with van der Waals surface area (Å²) in [6.45, 7) is 3.90. The van der Waals surface area contributed by atoms with Crippen LogP contribution in [0, 0.1) is 6.92 Å². The van der Waals surface area contributed by atoms with Crippen molar-refractivity contribution in [1.29, 1.82) is 0 Å². The van der Waals surface area contributed by atoms with Gasteiger partial charge < -0.3 is 4.90 Å². The van der Waals surface area contributed by atoms with Gasteiger partial charge in [0.25, 0.3) is 5.91 Å². The summed E-state index contributed by atoms with van der Waals surface area (Å²) in [6, 6.07) is 1.95. The highest BCUT2D eigenvalue weighted by Crippen LogP contribution is 2.28. The molecule has 2 aromatic rings. The third-order valence-electron chi connectivity index (χ3n) is 5.59. The van der Waals surface area contributed by atoms with E-state index in [-0.39, 0.29) is 5.91 Å². The summed E-state index contributed by atoms with van der Waals surface area (Å²) >= 11 is 0. The first kappa shape index (κ1) is 18.5. The number of amides is 1. The van der Waals surface area contributed by atoms with Crippen LogP contribution in [0.3, 0.4) is 0 Å². The van der Waals surface area contributed by atoms with Gasteiger partial charge >= 0.3 is 0 Å². The molecule has 150 valence electrons. The van der Waals surface area contributed by atoms with E-state index in [1.165, 1.54) is 5.57 Å². The minimum absolute atomic E-state index is 0.0812. The number of carbonyl (C=O) groups is 1. The average Bonchev–Trinajstić information content (AvgIpc) is 3.15. The summed E-state index contributed by atoms with van der Waals surface area (Å²) in [4.78, 5) is 21.5. The largest absolute Gasteiger partial charge is 0.302 e. The van der Waals surface area contributed by atoms with Gasteiger partial charge in [-0.05, 0) is 49.8 Å². The van der Waals surface area contributed by atoms with Gasteiger partial charge in [0, 0.05) is 36.6 Å². The topological polar surface area (TPSA) is 53.7 Å². The Morgan fingerprint density at radius 1 is 1.13 bits per heavy atom. The number of aryl methyl sites for hydroxylation is 1. The first-order chi connectivity index (χ1) is 14.6. The summed E-state index contributed by atoms with van der Waals surface area (Å²) in [5.74, 6) is -0.0812. The van der Waals surface area contributed by atoms with Crippen LogP contribution >= 0.6 is 0 Å². The first-order valence-electron chi connectivity index (χ1n) is 10.1. The van der Waals surface area contributed by atoms with Gasteiger partial charge in [0.2, 0.25) is 0 Å². The molecule has 0 saturated carbocycles. The second kappa shape index (κ2) is 7.39. The first-order valence-corrected chi connectivity index (χ1v) is 10.1. The summed E-state index contributed by atoms with van der Waals surface area (Å²) in [6.07, 6.45) is 20.5. The van der Waals surface area contributed by atoms with Crippen molar-refractivity contribution < 1.29 is 4.79 Å².